The van der Waals surface area contributed by atoms with Gasteiger partial charge in [0.2, 0.25) is 5.91 Å². The van der Waals surface area contributed by atoms with Crippen LogP contribution in [0, 0.1) is 0 Å². The Kier molecular flexibility index (Phi) is 4.56. The Hall–Kier alpha value is -1.56. The molecule has 1 aliphatic rings. The number of halogens is 3. The van der Waals surface area contributed by atoms with Gasteiger partial charge >= 0.3 is 6.18 Å². The summed E-state index contributed by atoms with van der Waals surface area (Å²) >= 11 is 0. The molecule has 6 heteroatoms. The van der Waals surface area contributed by atoms with Gasteiger partial charge in [-0.25, -0.2) is 0 Å². The second-order valence-electron chi connectivity index (χ2n) is 5.49. The number of rotatable bonds is 6. The normalized spacial score (nSPS) is 16.6. The van der Waals surface area contributed by atoms with Crippen LogP contribution in [0.4, 0.5) is 13.2 Å². The average molecular weight is 300 g/mol. The van der Waals surface area contributed by atoms with E-state index in [0.717, 1.165) is 18.9 Å². The van der Waals surface area contributed by atoms with Gasteiger partial charge in [-0.1, -0.05) is 18.2 Å². The van der Waals surface area contributed by atoms with Gasteiger partial charge in [-0.05, 0) is 31.5 Å². The van der Waals surface area contributed by atoms with Crippen molar-refractivity contribution in [2.45, 2.75) is 30.9 Å². The number of alkyl halides is 3. The first-order valence-electron chi connectivity index (χ1n) is 6.96. The standard InChI is InChI=1S/C15H19F3N2O/c1-19-8-5-13(21)20-10-14(6-7-14)11-3-2-4-12(9-11)15(16,17)18/h2-4,9,19H,5-8,10H2,1H3,(H,20,21). The predicted molar refractivity (Wildman–Crippen MR) is 73.9 cm³/mol. The summed E-state index contributed by atoms with van der Waals surface area (Å²) in [5.41, 5.74) is -0.296. The maximum Gasteiger partial charge on any atom is 0.416 e. The van der Waals surface area contributed by atoms with Crippen LogP contribution < -0.4 is 10.6 Å². The first-order chi connectivity index (χ1) is 9.87. The maximum absolute atomic E-state index is 12.8. The summed E-state index contributed by atoms with van der Waals surface area (Å²) in [6.07, 6.45) is -2.35. The van der Waals surface area contributed by atoms with Crippen LogP contribution in [0.5, 0.6) is 0 Å². The van der Waals surface area contributed by atoms with E-state index in [-0.39, 0.29) is 11.3 Å². The quantitative estimate of drug-likeness (QED) is 0.847. The van der Waals surface area contributed by atoms with Gasteiger partial charge in [0.05, 0.1) is 5.56 Å². The first-order valence-corrected chi connectivity index (χ1v) is 6.96. The smallest absolute Gasteiger partial charge is 0.355 e. The molecule has 116 valence electrons. The Morgan fingerprint density at radius 3 is 2.62 bits per heavy atom. The van der Waals surface area contributed by atoms with Crippen molar-refractivity contribution in [2.24, 2.45) is 0 Å². The van der Waals surface area contributed by atoms with Crippen molar-refractivity contribution in [3.63, 3.8) is 0 Å². The molecule has 0 atom stereocenters. The summed E-state index contributed by atoms with van der Waals surface area (Å²) in [7, 11) is 1.76. The highest BCUT2D eigenvalue weighted by atomic mass is 19.4. The summed E-state index contributed by atoms with van der Waals surface area (Å²) in [6.45, 7) is 0.985. The number of hydrogen-bond donors (Lipinski definition) is 2. The second kappa shape index (κ2) is 6.05. The molecule has 1 aromatic rings. The SMILES string of the molecule is CNCCC(=O)NCC1(c2cccc(C(F)(F)F)c2)CC1. The molecular formula is C15H19F3N2O. The minimum Gasteiger partial charge on any atom is -0.355 e. The van der Waals surface area contributed by atoms with Gasteiger partial charge in [-0.3, -0.25) is 4.79 Å². The molecule has 1 aromatic carbocycles. The van der Waals surface area contributed by atoms with Crippen molar-refractivity contribution in [3.8, 4) is 0 Å². The van der Waals surface area contributed by atoms with Crippen molar-refractivity contribution in [1.82, 2.24) is 10.6 Å². The third-order valence-electron chi connectivity index (χ3n) is 3.88. The molecule has 0 aromatic heterocycles. The highest BCUT2D eigenvalue weighted by Crippen LogP contribution is 2.48. The van der Waals surface area contributed by atoms with E-state index in [0.29, 0.717) is 25.1 Å². The highest BCUT2D eigenvalue weighted by Gasteiger charge is 2.45. The molecule has 0 radical (unpaired) electrons. The van der Waals surface area contributed by atoms with Gasteiger partial charge in [0.1, 0.15) is 0 Å². The monoisotopic (exact) mass is 300 g/mol. The first kappa shape index (κ1) is 15.8. The van der Waals surface area contributed by atoms with E-state index < -0.39 is 11.7 Å². The van der Waals surface area contributed by atoms with Crippen LogP contribution in [-0.2, 0) is 16.4 Å². The zero-order valence-corrected chi connectivity index (χ0v) is 11.9. The van der Waals surface area contributed by atoms with Crippen LogP contribution in [0.2, 0.25) is 0 Å². The molecule has 1 saturated carbocycles. The van der Waals surface area contributed by atoms with E-state index in [2.05, 4.69) is 10.6 Å². The number of hydrogen-bond acceptors (Lipinski definition) is 2. The average Bonchev–Trinajstić information content (AvgIpc) is 3.23. The van der Waals surface area contributed by atoms with Gasteiger partial charge in [0, 0.05) is 24.9 Å². The van der Waals surface area contributed by atoms with Crippen LogP contribution in [0.25, 0.3) is 0 Å². The molecule has 2 rings (SSSR count). The van der Waals surface area contributed by atoms with Crippen LogP contribution >= 0.6 is 0 Å². The Balaban J connectivity index is 2.02. The maximum atomic E-state index is 12.8. The van der Waals surface area contributed by atoms with Crippen LogP contribution in [0.1, 0.15) is 30.4 Å². The minimum absolute atomic E-state index is 0.0809. The molecule has 0 heterocycles. The number of nitrogens with one attached hydrogen (secondary N) is 2. The number of carbonyl (C=O) groups is 1. The topological polar surface area (TPSA) is 41.1 Å². The fourth-order valence-electron chi connectivity index (χ4n) is 2.34. The molecule has 21 heavy (non-hydrogen) atoms. The molecular weight excluding hydrogens is 281 g/mol. The Morgan fingerprint density at radius 2 is 2.05 bits per heavy atom. The molecule has 3 nitrogen and oxygen atoms in total. The van der Waals surface area contributed by atoms with E-state index in [9.17, 15) is 18.0 Å². The third kappa shape index (κ3) is 3.97. The largest absolute Gasteiger partial charge is 0.416 e. The molecule has 0 saturated heterocycles. The van der Waals surface area contributed by atoms with E-state index in [1.165, 1.54) is 12.1 Å². The summed E-state index contributed by atoms with van der Waals surface area (Å²) < 4.78 is 38.3. The van der Waals surface area contributed by atoms with Gasteiger partial charge < -0.3 is 10.6 Å². The predicted octanol–water partition coefficient (Wildman–Crippen LogP) is 2.46. The highest BCUT2D eigenvalue weighted by molar-refractivity contribution is 5.76. The zero-order chi connectivity index (χ0) is 15.5. The molecule has 2 N–H and O–H groups in total. The zero-order valence-electron chi connectivity index (χ0n) is 11.9. The summed E-state index contributed by atoms with van der Waals surface area (Å²) in [5.74, 6) is -0.0809. The van der Waals surface area contributed by atoms with Gasteiger partial charge in [0.25, 0.3) is 0 Å². The molecule has 0 spiro atoms. The lowest BCUT2D eigenvalue weighted by Gasteiger charge is -2.18. The third-order valence-corrected chi connectivity index (χ3v) is 3.88. The fourth-order valence-corrected chi connectivity index (χ4v) is 2.34. The van der Waals surface area contributed by atoms with Gasteiger partial charge in [-0.2, -0.15) is 13.2 Å². The van der Waals surface area contributed by atoms with E-state index in [1.807, 2.05) is 0 Å². The number of amides is 1. The Morgan fingerprint density at radius 1 is 1.33 bits per heavy atom. The molecule has 1 aliphatic carbocycles. The van der Waals surface area contributed by atoms with Crippen molar-refractivity contribution < 1.29 is 18.0 Å². The Bertz CT molecular complexity index is 510. The van der Waals surface area contributed by atoms with Crippen LogP contribution in [-0.4, -0.2) is 26.0 Å². The van der Waals surface area contributed by atoms with E-state index >= 15 is 0 Å². The molecule has 0 unspecified atom stereocenters. The Labute approximate surface area is 121 Å². The molecule has 0 bridgehead atoms. The van der Waals surface area contributed by atoms with E-state index in [4.69, 9.17) is 0 Å². The van der Waals surface area contributed by atoms with Crippen molar-refractivity contribution in [2.75, 3.05) is 20.1 Å². The summed E-state index contributed by atoms with van der Waals surface area (Å²) in [6, 6.07) is 5.42. The fraction of sp³-hybridized carbons (Fsp3) is 0.533. The lowest BCUT2D eigenvalue weighted by atomic mass is 9.94. The number of benzene rings is 1. The van der Waals surface area contributed by atoms with E-state index in [1.54, 1.807) is 13.1 Å². The minimum atomic E-state index is -4.33. The molecule has 1 fully saturated rings. The van der Waals surface area contributed by atoms with Gasteiger partial charge in [0.15, 0.2) is 0 Å². The summed E-state index contributed by atoms with van der Waals surface area (Å²) in [5, 5.41) is 5.70. The van der Waals surface area contributed by atoms with Crippen molar-refractivity contribution in [1.29, 1.82) is 0 Å². The van der Waals surface area contributed by atoms with Crippen molar-refractivity contribution >= 4 is 5.91 Å². The number of carbonyl (C=O) groups excluding carboxylic acids is 1. The lowest BCUT2D eigenvalue weighted by molar-refractivity contribution is -0.137. The lowest BCUT2D eigenvalue weighted by Crippen LogP contribution is -2.33. The molecule has 1 amide bonds. The summed E-state index contributed by atoms with van der Waals surface area (Å²) in [4.78, 5) is 11.6. The van der Waals surface area contributed by atoms with Crippen LogP contribution in [0.3, 0.4) is 0 Å². The van der Waals surface area contributed by atoms with Crippen molar-refractivity contribution in [3.05, 3.63) is 35.4 Å². The van der Waals surface area contributed by atoms with Gasteiger partial charge in [-0.15, -0.1) is 0 Å². The second-order valence-corrected chi connectivity index (χ2v) is 5.49. The van der Waals surface area contributed by atoms with Crippen LogP contribution in [0.15, 0.2) is 24.3 Å². The molecule has 0 aliphatic heterocycles.